The number of rotatable bonds is 1. The molecular formula is C22H19N. The first kappa shape index (κ1) is 13.1. The fourth-order valence-corrected chi connectivity index (χ4v) is 4.13. The Hall–Kier alpha value is -2.41. The minimum atomic E-state index is 1.03. The lowest BCUT2D eigenvalue weighted by molar-refractivity contribution is 0.668. The van der Waals surface area contributed by atoms with E-state index in [-0.39, 0.29) is 0 Å². The van der Waals surface area contributed by atoms with Crippen molar-refractivity contribution >= 4 is 0 Å². The average molecular weight is 297 g/mol. The predicted molar refractivity (Wildman–Crippen MR) is 94.6 cm³/mol. The molecule has 1 heterocycles. The van der Waals surface area contributed by atoms with Crippen molar-refractivity contribution < 1.29 is 0 Å². The third kappa shape index (κ3) is 2.03. The minimum absolute atomic E-state index is 1.03. The van der Waals surface area contributed by atoms with Crippen LogP contribution in [0.1, 0.15) is 35.2 Å². The Morgan fingerprint density at radius 2 is 1.48 bits per heavy atom. The average Bonchev–Trinajstić information content (AvgIpc) is 3.00. The van der Waals surface area contributed by atoms with Crippen LogP contribution in [0.15, 0.2) is 54.6 Å². The first-order valence-electron chi connectivity index (χ1n) is 8.59. The zero-order valence-electron chi connectivity index (χ0n) is 13.2. The van der Waals surface area contributed by atoms with Gasteiger partial charge in [-0.3, -0.25) is 4.98 Å². The Bertz CT molecular complexity index is 908. The van der Waals surface area contributed by atoms with Crippen LogP contribution in [0, 0.1) is 0 Å². The highest BCUT2D eigenvalue weighted by molar-refractivity contribution is 5.83. The Morgan fingerprint density at radius 3 is 2.48 bits per heavy atom. The van der Waals surface area contributed by atoms with Gasteiger partial charge < -0.3 is 0 Å². The van der Waals surface area contributed by atoms with Crippen LogP contribution in [0.4, 0.5) is 0 Å². The van der Waals surface area contributed by atoms with Gasteiger partial charge >= 0.3 is 0 Å². The maximum atomic E-state index is 5.02. The Labute approximate surface area is 137 Å². The van der Waals surface area contributed by atoms with Crippen molar-refractivity contribution in [3.63, 3.8) is 0 Å². The molecular weight excluding hydrogens is 278 g/mol. The van der Waals surface area contributed by atoms with Gasteiger partial charge in [0.05, 0.1) is 5.69 Å². The second-order valence-corrected chi connectivity index (χ2v) is 6.68. The van der Waals surface area contributed by atoms with E-state index in [1.807, 2.05) is 0 Å². The largest absolute Gasteiger partial charge is 0.253 e. The SMILES string of the molecule is c1ccc2c(c1)Cc1c(-c3ccc4c(n3)CCCC4)cccc1-2. The number of aryl methyl sites for hydroxylation is 2. The van der Waals surface area contributed by atoms with Crippen LogP contribution in [-0.4, -0.2) is 4.98 Å². The summed E-state index contributed by atoms with van der Waals surface area (Å²) >= 11 is 0. The van der Waals surface area contributed by atoms with Crippen molar-refractivity contribution in [1.82, 2.24) is 4.98 Å². The van der Waals surface area contributed by atoms with Crippen LogP contribution >= 0.6 is 0 Å². The molecule has 0 N–H and O–H groups in total. The summed E-state index contributed by atoms with van der Waals surface area (Å²) in [5.74, 6) is 0. The molecule has 2 aromatic carbocycles. The van der Waals surface area contributed by atoms with Crippen LogP contribution in [0.2, 0.25) is 0 Å². The second kappa shape index (κ2) is 5.06. The molecule has 0 radical (unpaired) electrons. The van der Waals surface area contributed by atoms with Crippen molar-refractivity contribution in [3.8, 4) is 22.4 Å². The van der Waals surface area contributed by atoms with Gasteiger partial charge in [0.1, 0.15) is 0 Å². The number of pyridine rings is 1. The number of hydrogen-bond acceptors (Lipinski definition) is 1. The summed E-state index contributed by atoms with van der Waals surface area (Å²) in [4.78, 5) is 5.02. The van der Waals surface area contributed by atoms with Gasteiger partial charge in [-0.05, 0) is 66.0 Å². The molecule has 1 aromatic heterocycles. The molecule has 23 heavy (non-hydrogen) atoms. The van der Waals surface area contributed by atoms with Gasteiger partial charge in [-0.15, -0.1) is 0 Å². The van der Waals surface area contributed by atoms with Gasteiger partial charge in [0.25, 0.3) is 0 Å². The topological polar surface area (TPSA) is 12.9 Å². The molecule has 0 aliphatic heterocycles. The van der Waals surface area contributed by atoms with Crippen molar-refractivity contribution in [2.45, 2.75) is 32.1 Å². The third-order valence-electron chi connectivity index (χ3n) is 5.30. The summed E-state index contributed by atoms with van der Waals surface area (Å²) in [6.07, 6.45) is 5.95. The van der Waals surface area contributed by atoms with E-state index in [1.165, 1.54) is 58.3 Å². The Balaban J connectivity index is 1.66. The Morgan fingerprint density at radius 1 is 0.652 bits per heavy atom. The number of hydrogen-bond donors (Lipinski definition) is 0. The summed E-state index contributed by atoms with van der Waals surface area (Å²) in [7, 11) is 0. The lowest BCUT2D eigenvalue weighted by atomic mass is 9.93. The molecule has 3 aromatic rings. The zero-order chi connectivity index (χ0) is 15.2. The lowest BCUT2D eigenvalue weighted by Gasteiger charge is -2.16. The van der Waals surface area contributed by atoms with Crippen molar-refractivity contribution in [3.05, 3.63) is 77.0 Å². The molecule has 0 saturated heterocycles. The summed E-state index contributed by atoms with van der Waals surface area (Å²) < 4.78 is 0. The smallest absolute Gasteiger partial charge is 0.0708 e. The molecule has 2 aliphatic carbocycles. The third-order valence-corrected chi connectivity index (χ3v) is 5.30. The fraction of sp³-hybridized carbons (Fsp3) is 0.227. The summed E-state index contributed by atoms with van der Waals surface area (Å²) in [5, 5.41) is 0. The van der Waals surface area contributed by atoms with Crippen LogP contribution in [0.3, 0.4) is 0 Å². The van der Waals surface area contributed by atoms with E-state index in [2.05, 4.69) is 54.6 Å². The highest BCUT2D eigenvalue weighted by Crippen LogP contribution is 2.41. The van der Waals surface area contributed by atoms with Gasteiger partial charge in [-0.25, -0.2) is 0 Å². The molecule has 0 saturated carbocycles. The van der Waals surface area contributed by atoms with Gasteiger partial charge in [0.15, 0.2) is 0 Å². The number of nitrogens with zero attached hydrogens (tertiary/aromatic N) is 1. The quantitative estimate of drug-likeness (QED) is 0.470. The molecule has 1 nitrogen and oxygen atoms in total. The molecule has 2 aliphatic rings. The number of aromatic nitrogens is 1. The number of fused-ring (bicyclic) bond motifs is 4. The fourth-order valence-electron chi connectivity index (χ4n) is 4.13. The van der Waals surface area contributed by atoms with Gasteiger partial charge in [0.2, 0.25) is 0 Å². The summed E-state index contributed by atoms with van der Waals surface area (Å²) in [6, 6.07) is 20.0. The first-order valence-corrected chi connectivity index (χ1v) is 8.59. The van der Waals surface area contributed by atoms with E-state index >= 15 is 0 Å². The standard InChI is InChI=1S/C22H19N/c1-3-8-17-16(7-1)14-20-18(17)9-5-10-19(20)22-13-12-15-6-2-4-11-21(15)23-22/h1,3,5,7-10,12-13H,2,4,6,11,14H2. The molecule has 0 unspecified atom stereocenters. The van der Waals surface area contributed by atoms with E-state index in [0.29, 0.717) is 0 Å². The van der Waals surface area contributed by atoms with Crippen LogP contribution < -0.4 is 0 Å². The summed E-state index contributed by atoms with van der Waals surface area (Å²) in [6.45, 7) is 0. The molecule has 0 bridgehead atoms. The van der Waals surface area contributed by atoms with Crippen LogP contribution in [-0.2, 0) is 19.3 Å². The first-order chi connectivity index (χ1) is 11.4. The molecule has 112 valence electrons. The maximum Gasteiger partial charge on any atom is 0.0708 e. The molecule has 0 spiro atoms. The zero-order valence-corrected chi connectivity index (χ0v) is 13.2. The maximum absolute atomic E-state index is 5.02. The van der Waals surface area contributed by atoms with Crippen molar-refractivity contribution in [2.75, 3.05) is 0 Å². The van der Waals surface area contributed by atoms with E-state index < -0.39 is 0 Å². The molecule has 1 heteroatoms. The van der Waals surface area contributed by atoms with E-state index in [0.717, 1.165) is 18.5 Å². The van der Waals surface area contributed by atoms with Gasteiger partial charge in [-0.2, -0.15) is 0 Å². The lowest BCUT2D eigenvalue weighted by Crippen LogP contribution is -2.06. The summed E-state index contributed by atoms with van der Waals surface area (Å²) in [5.41, 5.74) is 10.9. The molecule has 0 amide bonds. The molecule has 0 atom stereocenters. The van der Waals surface area contributed by atoms with Gasteiger partial charge in [0, 0.05) is 11.3 Å². The van der Waals surface area contributed by atoms with Crippen LogP contribution in [0.25, 0.3) is 22.4 Å². The highest BCUT2D eigenvalue weighted by Gasteiger charge is 2.22. The second-order valence-electron chi connectivity index (χ2n) is 6.68. The predicted octanol–water partition coefficient (Wildman–Crippen LogP) is 5.20. The normalized spacial score (nSPS) is 15.0. The van der Waals surface area contributed by atoms with Crippen molar-refractivity contribution in [1.29, 1.82) is 0 Å². The highest BCUT2D eigenvalue weighted by atomic mass is 14.7. The molecule has 0 fully saturated rings. The monoisotopic (exact) mass is 297 g/mol. The van der Waals surface area contributed by atoms with Crippen LogP contribution in [0.5, 0.6) is 0 Å². The van der Waals surface area contributed by atoms with Gasteiger partial charge in [-0.1, -0.05) is 48.5 Å². The van der Waals surface area contributed by atoms with E-state index in [9.17, 15) is 0 Å². The number of benzene rings is 2. The minimum Gasteiger partial charge on any atom is -0.253 e. The van der Waals surface area contributed by atoms with Crippen molar-refractivity contribution in [2.24, 2.45) is 0 Å². The molecule has 5 rings (SSSR count). The van der Waals surface area contributed by atoms with E-state index in [1.54, 1.807) is 0 Å². The van der Waals surface area contributed by atoms with E-state index in [4.69, 9.17) is 4.98 Å². The Kier molecular flexibility index (Phi) is 2.87.